The zero-order valence-corrected chi connectivity index (χ0v) is 26.3. The Hall–Kier alpha value is -3.64. The number of anilines is 2. The van der Waals surface area contributed by atoms with Crippen LogP contribution in [0.3, 0.4) is 0 Å². The van der Waals surface area contributed by atoms with E-state index in [0.717, 1.165) is 39.4 Å². The van der Waals surface area contributed by atoms with Crippen LogP contribution in [-0.4, -0.2) is 53.4 Å². The van der Waals surface area contributed by atoms with Gasteiger partial charge in [0.1, 0.15) is 45.2 Å². The molecule has 12 heteroatoms. The lowest BCUT2D eigenvalue weighted by Crippen LogP contribution is -2.32. The van der Waals surface area contributed by atoms with E-state index in [4.69, 9.17) is 16.3 Å². The van der Waals surface area contributed by atoms with Crippen LogP contribution >= 0.6 is 22.9 Å². The molecule has 0 fully saturated rings. The number of hydrogen-bond donors (Lipinski definition) is 1. The smallest absolute Gasteiger partial charge is 0.149 e. The van der Waals surface area contributed by atoms with Gasteiger partial charge in [-0.25, -0.2) is 27.8 Å². The van der Waals surface area contributed by atoms with Crippen molar-refractivity contribution in [3.05, 3.63) is 94.5 Å². The SMILES string of the molecule is CCN(CC)[C@H](CS(C)(=O)=O)c1cnc(-c2ccc3ncnc(Nc4ccc(OCc5cccc(F)c5)c(Cl)c4)c3c2)s1. The van der Waals surface area contributed by atoms with Gasteiger partial charge in [-0.05, 0) is 67.2 Å². The summed E-state index contributed by atoms with van der Waals surface area (Å²) in [5, 5.41) is 5.28. The zero-order valence-electron chi connectivity index (χ0n) is 23.9. The molecule has 5 aromatic rings. The van der Waals surface area contributed by atoms with Gasteiger partial charge >= 0.3 is 0 Å². The van der Waals surface area contributed by atoms with Crippen LogP contribution in [0.1, 0.15) is 30.3 Å². The van der Waals surface area contributed by atoms with E-state index in [9.17, 15) is 12.8 Å². The Morgan fingerprint density at radius 3 is 2.58 bits per heavy atom. The number of fused-ring (bicyclic) bond motifs is 1. The highest BCUT2D eigenvalue weighted by Crippen LogP contribution is 2.35. The van der Waals surface area contributed by atoms with Crippen molar-refractivity contribution in [1.29, 1.82) is 0 Å². The van der Waals surface area contributed by atoms with Gasteiger partial charge in [0.2, 0.25) is 0 Å². The van der Waals surface area contributed by atoms with Crippen LogP contribution in [0.25, 0.3) is 21.5 Å². The minimum Gasteiger partial charge on any atom is -0.487 e. The average Bonchev–Trinajstić information content (AvgIpc) is 3.47. The molecule has 2 aromatic heterocycles. The molecule has 43 heavy (non-hydrogen) atoms. The number of thiazole rings is 1. The third-order valence-corrected chi connectivity index (χ3v) is 9.29. The third kappa shape index (κ3) is 7.66. The first-order valence-corrected chi connectivity index (χ1v) is 17.0. The number of ether oxygens (including phenoxy) is 1. The zero-order chi connectivity index (χ0) is 30.6. The lowest BCUT2D eigenvalue weighted by Gasteiger charge is -2.27. The van der Waals surface area contributed by atoms with Crippen molar-refractivity contribution in [1.82, 2.24) is 19.9 Å². The summed E-state index contributed by atoms with van der Waals surface area (Å²) in [6, 6.07) is 17.1. The normalized spacial score (nSPS) is 12.5. The maximum atomic E-state index is 13.5. The average molecular weight is 640 g/mol. The summed E-state index contributed by atoms with van der Waals surface area (Å²) in [6.45, 7) is 5.71. The van der Waals surface area contributed by atoms with Gasteiger partial charge in [-0.2, -0.15) is 0 Å². The molecular formula is C31H31ClFN5O3S2. The maximum Gasteiger partial charge on any atom is 0.149 e. The summed E-state index contributed by atoms with van der Waals surface area (Å²) in [4.78, 5) is 16.6. The van der Waals surface area contributed by atoms with Crippen molar-refractivity contribution in [2.75, 3.05) is 30.4 Å². The molecule has 0 saturated carbocycles. The number of benzene rings is 3. The van der Waals surface area contributed by atoms with Gasteiger partial charge in [0.15, 0.2) is 0 Å². The molecule has 0 saturated heterocycles. The molecular weight excluding hydrogens is 609 g/mol. The van der Waals surface area contributed by atoms with Crippen molar-refractivity contribution in [2.24, 2.45) is 0 Å². The highest BCUT2D eigenvalue weighted by Gasteiger charge is 2.25. The van der Waals surface area contributed by atoms with Crippen LogP contribution in [0, 0.1) is 5.82 Å². The first-order valence-electron chi connectivity index (χ1n) is 13.7. The van der Waals surface area contributed by atoms with E-state index >= 15 is 0 Å². The lowest BCUT2D eigenvalue weighted by molar-refractivity contribution is 0.239. The van der Waals surface area contributed by atoms with Crippen LogP contribution < -0.4 is 10.1 Å². The molecule has 0 aliphatic heterocycles. The fraction of sp³-hybridized carbons (Fsp3) is 0.258. The predicted molar refractivity (Wildman–Crippen MR) is 171 cm³/mol. The molecule has 0 amide bonds. The van der Waals surface area contributed by atoms with Gasteiger partial charge in [-0.1, -0.05) is 37.6 Å². The Bertz CT molecular complexity index is 1850. The molecule has 0 aliphatic carbocycles. The second-order valence-corrected chi connectivity index (χ2v) is 13.7. The van der Waals surface area contributed by atoms with Gasteiger partial charge in [0, 0.05) is 34.0 Å². The molecule has 2 heterocycles. The molecule has 0 unspecified atom stereocenters. The second kappa shape index (κ2) is 13.3. The highest BCUT2D eigenvalue weighted by molar-refractivity contribution is 7.90. The summed E-state index contributed by atoms with van der Waals surface area (Å²) < 4.78 is 43.7. The van der Waals surface area contributed by atoms with Gasteiger partial charge in [-0.3, -0.25) is 4.90 Å². The minimum absolute atomic E-state index is 0.0349. The summed E-state index contributed by atoms with van der Waals surface area (Å²) in [5.74, 6) is 0.779. The predicted octanol–water partition coefficient (Wildman–Crippen LogP) is 7.30. The Morgan fingerprint density at radius 1 is 1.05 bits per heavy atom. The van der Waals surface area contributed by atoms with E-state index in [2.05, 4.69) is 25.2 Å². The van der Waals surface area contributed by atoms with E-state index < -0.39 is 9.84 Å². The van der Waals surface area contributed by atoms with Crippen LogP contribution in [0.15, 0.2) is 73.2 Å². The van der Waals surface area contributed by atoms with Crippen LogP contribution in [0.5, 0.6) is 5.75 Å². The van der Waals surface area contributed by atoms with E-state index in [-0.39, 0.29) is 24.2 Å². The van der Waals surface area contributed by atoms with E-state index in [0.29, 0.717) is 27.8 Å². The van der Waals surface area contributed by atoms with E-state index in [1.165, 1.54) is 36.1 Å². The Labute approximate surface area is 259 Å². The molecule has 0 bridgehead atoms. The van der Waals surface area contributed by atoms with Gasteiger partial charge in [0.05, 0.1) is 22.3 Å². The first kappa shape index (κ1) is 30.8. The van der Waals surface area contributed by atoms with Crippen molar-refractivity contribution >= 4 is 55.2 Å². The monoisotopic (exact) mass is 639 g/mol. The number of sulfone groups is 1. The van der Waals surface area contributed by atoms with Crippen molar-refractivity contribution < 1.29 is 17.5 Å². The molecule has 0 radical (unpaired) electrons. The number of hydrogen-bond acceptors (Lipinski definition) is 9. The largest absolute Gasteiger partial charge is 0.487 e. The summed E-state index contributed by atoms with van der Waals surface area (Å²) in [5.41, 5.74) is 3.02. The molecule has 0 aliphatic rings. The topological polar surface area (TPSA) is 97.3 Å². The van der Waals surface area contributed by atoms with E-state index in [1.54, 1.807) is 30.5 Å². The van der Waals surface area contributed by atoms with Crippen molar-refractivity contribution in [3.63, 3.8) is 0 Å². The molecule has 3 aromatic carbocycles. The number of halogens is 2. The summed E-state index contributed by atoms with van der Waals surface area (Å²) >= 11 is 8.00. The Kier molecular flexibility index (Phi) is 9.55. The summed E-state index contributed by atoms with van der Waals surface area (Å²) in [7, 11) is -3.20. The minimum atomic E-state index is -3.20. The second-order valence-electron chi connectivity index (χ2n) is 10.0. The molecule has 8 nitrogen and oxygen atoms in total. The number of aromatic nitrogens is 3. The fourth-order valence-corrected chi connectivity index (χ4v) is 7.15. The number of nitrogens with one attached hydrogen (secondary N) is 1. The molecule has 5 rings (SSSR count). The third-order valence-electron chi connectivity index (χ3n) is 6.93. The van der Waals surface area contributed by atoms with Gasteiger partial charge < -0.3 is 10.1 Å². The maximum absolute atomic E-state index is 13.5. The molecule has 0 spiro atoms. The molecule has 1 atom stereocenters. The standard InChI is InChI=1S/C31H31ClFN5O3S2/c1-4-38(5-2)27(18-43(3,39)40)29-16-34-31(42-29)21-9-11-26-24(14-21)30(36-19-35-26)37-23-10-12-28(25(32)15-23)41-17-20-7-6-8-22(33)13-20/h6-16,19,27H,4-5,17-18H2,1-3H3,(H,35,36,37)/t27-/m1/s1. The van der Waals surface area contributed by atoms with Crippen LogP contribution in [-0.2, 0) is 16.4 Å². The highest BCUT2D eigenvalue weighted by atomic mass is 35.5. The first-order chi connectivity index (χ1) is 20.6. The Balaban J connectivity index is 1.38. The van der Waals surface area contributed by atoms with Gasteiger partial charge in [-0.15, -0.1) is 11.3 Å². The lowest BCUT2D eigenvalue weighted by atomic mass is 10.1. The van der Waals surface area contributed by atoms with Gasteiger partial charge in [0.25, 0.3) is 0 Å². The van der Waals surface area contributed by atoms with Crippen molar-refractivity contribution in [2.45, 2.75) is 26.5 Å². The number of rotatable bonds is 12. The fourth-order valence-electron chi connectivity index (χ4n) is 4.80. The Morgan fingerprint density at radius 2 is 1.86 bits per heavy atom. The summed E-state index contributed by atoms with van der Waals surface area (Å²) in [6.07, 6.45) is 4.53. The molecule has 224 valence electrons. The van der Waals surface area contributed by atoms with E-state index in [1.807, 2.05) is 38.1 Å². The quantitative estimate of drug-likeness (QED) is 0.152. The number of nitrogens with zero attached hydrogens (tertiary/aromatic N) is 4. The van der Waals surface area contributed by atoms with Crippen LogP contribution in [0.4, 0.5) is 15.9 Å². The van der Waals surface area contributed by atoms with Crippen molar-refractivity contribution in [3.8, 4) is 16.3 Å². The molecule has 1 N–H and O–H groups in total. The van der Waals surface area contributed by atoms with Crippen LogP contribution in [0.2, 0.25) is 5.02 Å².